The summed E-state index contributed by atoms with van der Waals surface area (Å²) in [4.78, 5) is 35.3. The predicted octanol–water partition coefficient (Wildman–Crippen LogP) is 1.23. The molecule has 1 aromatic carbocycles. The largest absolute Gasteiger partial charge is 0.502 e. The number of carbonyl (C=O) groups is 3. The average molecular weight is 288 g/mol. The number of methoxy groups -OCH3 is 2. The number of ether oxygens (including phenoxy) is 2. The lowest BCUT2D eigenvalue weighted by molar-refractivity contribution is -0.114. The molecule has 2 rings (SSSR count). The first kappa shape index (κ1) is 14.5. The van der Waals surface area contributed by atoms with Crippen LogP contribution in [0.1, 0.15) is 10.4 Å². The molecule has 0 saturated carbocycles. The Balaban J connectivity index is 2.49. The van der Waals surface area contributed by atoms with Crippen LogP contribution in [0.4, 0.5) is 0 Å². The summed E-state index contributed by atoms with van der Waals surface area (Å²) in [5.74, 6) is -1.82. The van der Waals surface area contributed by atoms with Crippen molar-refractivity contribution >= 4 is 17.3 Å². The van der Waals surface area contributed by atoms with Gasteiger partial charge in [0.1, 0.15) is 0 Å². The summed E-state index contributed by atoms with van der Waals surface area (Å²) in [5.41, 5.74) is -0.165. The third-order valence-corrected chi connectivity index (χ3v) is 2.94. The van der Waals surface area contributed by atoms with Crippen molar-refractivity contribution in [2.45, 2.75) is 0 Å². The minimum Gasteiger partial charge on any atom is -0.502 e. The van der Waals surface area contributed by atoms with E-state index in [4.69, 9.17) is 9.47 Å². The lowest BCUT2D eigenvalue weighted by atomic mass is 9.95. The monoisotopic (exact) mass is 288 g/mol. The zero-order chi connectivity index (χ0) is 15.6. The van der Waals surface area contributed by atoms with Gasteiger partial charge in [-0.2, -0.15) is 0 Å². The molecular weight excluding hydrogens is 276 g/mol. The molecule has 0 fully saturated rings. The normalized spacial score (nSPS) is 13.9. The van der Waals surface area contributed by atoms with Gasteiger partial charge in [0.25, 0.3) is 0 Å². The number of hydrogen-bond donors (Lipinski definition) is 1. The second-order valence-electron chi connectivity index (χ2n) is 4.22. The van der Waals surface area contributed by atoms with Gasteiger partial charge in [0.2, 0.25) is 5.75 Å². The molecule has 0 unspecified atom stereocenters. The predicted molar refractivity (Wildman–Crippen MR) is 72.8 cm³/mol. The molecule has 0 bridgehead atoms. The molecule has 6 nitrogen and oxygen atoms in total. The molecule has 0 heterocycles. The van der Waals surface area contributed by atoms with Crippen molar-refractivity contribution in [1.82, 2.24) is 0 Å². The van der Waals surface area contributed by atoms with Crippen LogP contribution in [0.15, 0.2) is 35.9 Å². The fourth-order valence-electron chi connectivity index (χ4n) is 1.87. The van der Waals surface area contributed by atoms with E-state index < -0.39 is 17.3 Å². The van der Waals surface area contributed by atoms with Crippen LogP contribution >= 0.6 is 0 Å². The van der Waals surface area contributed by atoms with Crippen molar-refractivity contribution < 1.29 is 29.0 Å². The van der Waals surface area contributed by atoms with E-state index in [1.54, 1.807) is 0 Å². The Kier molecular flexibility index (Phi) is 3.89. The van der Waals surface area contributed by atoms with Gasteiger partial charge in [-0.05, 0) is 24.3 Å². The lowest BCUT2D eigenvalue weighted by Gasteiger charge is -2.11. The van der Waals surface area contributed by atoms with E-state index in [0.29, 0.717) is 0 Å². The maximum absolute atomic E-state index is 12.3. The van der Waals surface area contributed by atoms with Crippen molar-refractivity contribution in [3.63, 3.8) is 0 Å². The Morgan fingerprint density at radius 1 is 1.05 bits per heavy atom. The third-order valence-electron chi connectivity index (χ3n) is 2.94. The van der Waals surface area contributed by atoms with Crippen molar-refractivity contribution in [3.8, 4) is 17.2 Å². The number of benzene rings is 1. The van der Waals surface area contributed by atoms with Gasteiger partial charge in [-0.1, -0.05) is 0 Å². The highest BCUT2D eigenvalue weighted by molar-refractivity contribution is 6.34. The number of allylic oxidation sites excluding steroid dienone is 4. The molecule has 108 valence electrons. The van der Waals surface area contributed by atoms with Crippen molar-refractivity contribution in [1.29, 1.82) is 0 Å². The Morgan fingerprint density at radius 3 is 2.14 bits per heavy atom. The number of aromatic hydroxyl groups is 1. The topological polar surface area (TPSA) is 89.9 Å². The Labute approximate surface area is 120 Å². The standard InChI is InChI=1S/C15H12O6/c1-20-12-5-8(6-13(21-2)15(12)19)14(18)10-7-9(16)3-4-11(10)17/h3-7,19H,1-2H3. The smallest absolute Gasteiger partial charge is 0.200 e. The summed E-state index contributed by atoms with van der Waals surface area (Å²) in [7, 11) is 2.64. The van der Waals surface area contributed by atoms with Crippen LogP contribution in [0, 0.1) is 0 Å². The summed E-state index contributed by atoms with van der Waals surface area (Å²) < 4.78 is 9.89. The Bertz CT molecular complexity index is 671. The maximum Gasteiger partial charge on any atom is 0.200 e. The zero-order valence-electron chi connectivity index (χ0n) is 11.4. The van der Waals surface area contributed by atoms with Gasteiger partial charge >= 0.3 is 0 Å². The molecule has 1 aromatic rings. The third kappa shape index (κ3) is 2.69. The maximum atomic E-state index is 12.3. The first-order valence-electron chi connectivity index (χ1n) is 5.95. The number of hydrogen-bond acceptors (Lipinski definition) is 6. The van der Waals surface area contributed by atoms with Crippen molar-refractivity contribution in [2.75, 3.05) is 14.2 Å². The van der Waals surface area contributed by atoms with Gasteiger partial charge in [0.15, 0.2) is 28.8 Å². The van der Waals surface area contributed by atoms with Gasteiger partial charge in [0, 0.05) is 11.6 Å². The highest BCUT2D eigenvalue weighted by Crippen LogP contribution is 2.37. The van der Waals surface area contributed by atoms with E-state index in [1.165, 1.54) is 26.4 Å². The molecule has 1 aliphatic rings. The second kappa shape index (κ2) is 5.62. The molecule has 21 heavy (non-hydrogen) atoms. The van der Waals surface area contributed by atoms with E-state index in [0.717, 1.165) is 18.2 Å². The first-order valence-corrected chi connectivity index (χ1v) is 5.95. The quantitative estimate of drug-likeness (QED) is 0.509. The van der Waals surface area contributed by atoms with Crippen LogP contribution in [-0.4, -0.2) is 36.7 Å². The van der Waals surface area contributed by atoms with E-state index in [2.05, 4.69) is 0 Å². The Morgan fingerprint density at radius 2 is 1.62 bits per heavy atom. The van der Waals surface area contributed by atoms with E-state index in [9.17, 15) is 19.5 Å². The van der Waals surface area contributed by atoms with Gasteiger partial charge < -0.3 is 14.6 Å². The summed E-state index contributed by atoms with van der Waals surface area (Å²) in [6, 6.07) is 2.55. The van der Waals surface area contributed by atoms with Crippen LogP contribution in [0.5, 0.6) is 17.2 Å². The van der Waals surface area contributed by atoms with Crippen LogP contribution in [0.3, 0.4) is 0 Å². The van der Waals surface area contributed by atoms with Crippen molar-refractivity contribution in [3.05, 3.63) is 41.5 Å². The second-order valence-corrected chi connectivity index (χ2v) is 4.22. The van der Waals surface area contributed by atoms with Gasteiger partial charge in [-0.3, -0.25) is 14.4 Å². The fourth-order valence-corrected chi connectivity index (χ4v) is 1.87. The molecule has 6 heteroatoms. The molecule has 0 radical (unpaired) electrons. The first-order chi connectivity index (χ1) is 9.97. The molecule has 0 atom stereocenters. The fraction of sp³-hybridized carbons (Fsp3) is 0.133. The molecule has 1 aliphatic carbocycles. The van der Waals surface area contributed by atoms with Crippen LogP contribution in [0.25, 0.3) is 0 Å². The minimum atomic E-state index is -0.644. The van der Waals surface area contributed by atoms with Crippen LogP contribution in [0.2, 0.25) is 0 Å². The molecule has 1 N–H and O–H groups in total. The van der Waals surface area contributed by atoms with E-state index in [-0.39, 0.29) is 28.4 Å². The zero-order valence-corrected chi connectivity index (χ0v) is 11.4. The van der Waals surface area contributed by atoms with Crippen molar-refractivity contribution in [2.24, 2.45) is 0 Å². The van der Waals surface area contributed by atoms with Gasteiger partial charge in [-0.15, -0.1) is 0 Å². The average Bonchev–Trinajstić information content (AvgIpc) is 2.49. The number of phenolic OH excluding ortho intramolecular Hbond substituents is 1. The van der Waals surface area contributed by atoms with E-state index >= 15 is 0 Å². The summed E-state index contributed by atoms with van der Waals surface area (Å²) in [6.45, 7) is 0. The van der Waals surface area contributed by atoms with Gasteiger partial charge in [0.05, 0.1) is 19.8 Å². The molecule has 0 aromatic heterocycles. The molecule has 0 saturated heterocycles. The van der Waals surface area contributed by atoms with Crippen LogP contribution in [-0.2, 0) is 9.59 Å². The molecule has 0 aliphatic heterocycles. The highest BCUT2D eigenvalue weighted by atomic mass is 16.5. The molecule has 0 amide bonds. The lowest BCUT2D eigenvalue weighted by Crippen LogP contribution is -2.16. The molecule has 0 spiro atoms. The number of phenols is 1. The SMILES string of the molecule is COc1cc(C(=O)C2=CC(=O)C=CC2=O)cc(OC)c1O. The summed E-state index contributed by atoms with van der Waals surface area (Å²) in [5, 5.41) is 9.79. The number of Topliss-reactive ketones (excluding diaryl/α,β-unsaturated/α-hetero) is 1. The van der Waals surface area contributed by atoms with Crippen LogP contribution < -0.4 is 9.47 Å². The summed E-state index contributed by atoms with van der Waals surface area (Å²) >= 11 is 0. The minimum absolute atomic E-state index is 0.0310. The Hall–Kier alpha value is -2.89. The summed E-state index contributed by atoms with van der Waals surface area (Å²) in [6.07, 6.45) is 3.12. The van der Waals surface area contributed by atoms with E-state index in [1.807, 2.05) is 0 Å². The van der Waals surface area contributed by atoms with Gasteiger partial charge in [-0.25, -0.2) is 0 Å². The number of ketones is 3. The number of rotatable bonds is 4. The molecular formula is C15H12O6. The highest BCUT2D eigenvalue weighted by Gasteiger charge is 2.24. The number of carbonyl (C=O) groups excluding carboxylic acids is 3.